The minimum absolute atomic E-state index is 0.239. The number of carbonyl (C=O) groups is 1. The lowest BCUT2D eigenvalue weighted by Crippen LogP contribution is -2.32. The van der Waals surface area contributed by atoms with Crippen LogP contribution in [0.25, 0.3) is 0 Å². The van der Waals surface area contributed by atoms with E-state index in [9.17, 15) is 9.36 Å². The van der Waals surface area contributed by atoms with Gasteiger partial charge in [-0.2, -0.15) is 0 Å². The summed E-state index contributed by atoms with van der Waals surface area (Å²) < 4.78 is 14.5. The second-order valence-electron chi connectivity index (χ2n) is 5.62. The predicted octanol–water partition coefficient (Wildman–Crippen LogP) is 4.13. The number of hydrogen-bond donors (Lipinski definition) is 1. The highest BCUT2D eigenvalue weighted by atomic mass is 127. The van der Waals surface area contributed by atoms with Gasteiger partial charge in [-0.15, -0.1) is 0 Å². The van der Waals surface area contributed by atoms with Crippen molar-refractivity contribution in [3.8, 4) is 0 Å². The lowest BCUT2D eigenvalue weighted by Gasteiger charge is -2.22. The molecule has 0 saturated carbocycles. The molecule has 0 aliphatic rings. The van der Waals surface area contributed by atoms with Gasteiger partial charge < -0.3 is 9.88 Å². The summed E-state index contributed by atoms with van der Waals surface area (Å²) in [7, 11) is -0.0777. The number of rotatable bonds is 5. The first-order valence-corrected chi connectivity index (χ1v) is 13.0. The van der Waals surface area contributed by atoms with Crippen LogP contribution in [-0.4, -0.2) is 13.0 Å². The van der Waals surface area contributed by atoms with E-state index in [0.717, 1.165) is 4.90 Å². The molecule has 3 aromatic rings. The summed E-state index contributed by atoms with van der Waals surface area (Å²) in [6, 6.07) is 24.3. The van der Waals surface area contributed by atoms with Gasteiger partial charge in [-0.3, -0.25) is 4.79 Å². The van der Waals surface area contributed by atoms with Gasteiger partial charge in [-0.25, -0.2) is 0 Å². The van der Waals surface area contributed by atoms with Crippen molar-refractivity contribution in [3.05, 3.63) is 84.4 Å². The standard InChI is InChI=1S/C20H17INO2PS/c1-22-20(23)18-13-12-17(26-21)14-19(18)25(24,15-8-4-2-5-9-15)16-10-6-3-7-11-16/h2-14H,1H3,(H,22,23). The molecule has 132 valence electrons. The molecule has 0 atom stereocenters. The Kier molecular flexibility index (Phi) is 6.22. The summed E-state index contributed by atoms with van der Waals surface area (Å²) >= 11 is 2.19. The lowest BCUT2D eigenvalue weighted by molar-refractivity contribution is 0.0964. The fraction of sp³-hybridized carbons (Fsp3) is 0.0500. The quantitative estimate of drug-likeness (QED) is 0.430. The summed E-state index contributed by atoms with van der Waals surface area (Å²) in [5.74, 6) is -0.239. The molecule has 26 heavy (non-hydrogen) atoms. The maximum atomic E-state index is 14.5. The highest BCUT2D eigenvalue weighted by Gasteiger charge is 2.33. The highest BCUT2D eigenvalue weighted by molar-refractivity contribution is 14.2. The molecule has 0 radical (unpaired) electrons. The van der Waals surface area contributed by atoms with Crippen molar-refractivity contribution in [1.82, 2.24) is 5.32 Å². The molecule has 3 rings (SSSR count). The maximum absolute atomic E-state index is 14.5. The zero-order chi connectivity index (χ0) is 18.6. The van der Waals surface area contributed by atoms with E-state index in [0.29, 0.717) is 21.5 Å². The van der Waals surface area contributed by atoms with Crippen LogP contribution in [0.2, 0.25) is 0 Å². The van der Waals surface area contributed by atoms with Gasteiger partial charge in [-0.05, 0) is 18.2 Å². The van der Waals surface area contributed by atoms with Gasteiger partial charge in [0.15, 0.2) is 7.14 Å². The van der Waals surface area contributed by atoms with Crippen LogP contribution in [0.15, 0.2) is 83.8 Å². The van der Waals surface area contributed by atoms with Crippen molar-refractivity contribution < 1.29 is 9.36 Å². The first kappa shape index (κ1) is 19.2. The average Bonchev–Trinajstić information content (AvgIpc) is 2.73. The van der Waals surface area contributed by atoms with Crippen molar-refractivity contribution in [2.24, 2.45) is 0 Å². The summed E-state index contributed by atoms with van der Waals surface area (Å²) in [5, 5.41) is 4.66. The number of nitrogens with one attached hydrogen (secondary N) is 1. The molecular formula is C20H17INO2PS. The summed E-state index contributed by atoms with van der Waals surface area (Å²) in [6.07, 6.45) is 0. The van der Waals surface area contributed by atoms with E-state index in [1.165, 1.54) is 8.93 Å². The average molecular weight is 493 g/mol. The number of carbonyl (C=O) groups excluding carboxylic acids is 1. The predicted molar refractivity (Wildman–Crippen MR) is 119 cm³/mol. The first-order valence-electron chi connectivity index (χ1n) is 7.98. The van der Waals surface area contributed by atoms with Gasteiger partial charge in [-0.1, -0.05) is 69.6 Å². The molecule has 0 heterocycles. The molecule has 3 nitrogen and oxygen atoms in total. The van der Waals surface area contributed by atoms with Crippen LogP contribution in [0.5, 0.6) is 0 Å². The van der Waals surface area contributed by atoms with Crippen molar-refractivity contribution in [2.75, 3.05) is 7.05 Å². The Labute approximate surface area is 169 Å². The van der Waals surface area contributed by atoms with Crippen LogP contribution >= 0.6 is 37.3 Å². The molecule has 0 fully saturated rings. The third kappa shape index (κ3) is 3.61. The number of hydrogen-bond acceptors (Lipinski definition) is 3. The number of amides is 1. The normalized spacial score (nSPS) is 11.2. The molecule has 0 aliphatic carbocycles. The molecular weight excluding hydrogens is 476 g/mol. The van der Waals surface area contributed by atoms with Crippen LogP contribution in [0, 0.1) is 0 Å². The smallest absolute Gasteiger partial charge is 0.251 e. The van der Waals surface area contributed by atoms with Gasteiger partial charge in [0.05, 0.1) is 5.56 Å². The van der Waals surface area contributed by atoms with E-state index < -0.39 is 7.14 Å². The third-order valence-corrected chi connectivity index (χ3v) is 9.17. The van der Waals surface area contributed by atoms with E-state index in [2.05, 4.69) is 26.5 Å². The zero-order valence-corrected chi connectivity index (χ0v) is 17.9. The second-order valence-corrected chi connectivity index (χ2v) is 10.3. The minimum Gasteiger partial charge on any atom is -0.355 e. The summed E-state index contributed by atoms with van der Waals surface area (Å²) in [6.45, 7) is 0. The maximum Gasteiger partial charge on any atom is 0.251 e. The van der Waals surface area contributed by atoms with Gasteiger partial charge in [0, 0.05) is 49.1 Å². The van der Waals surface area contributed by atoms with E-state index >= 15 is 0 Å². The molecule has 3 aromatic carbocycles. The van der Waals surface area contributed by atoms with Gasteiger partial charge >= 0.3 is 0 Å². The van der Waals surface area contributed by atoms with Gasteiger partial charge in [0.1, 0.15) is 0 Å². The molecule has 1 N–H and O–H groups in total. The van der Waals surface area contributed by atoms with Gasteiger partial charge in [0.25, 0.3) is 5.91 Å². The topological polar surface area (TPSA) is 46.2 Å². The SMILES string of the molecule is CNC(=O)c1ccc(SI)cc1P(=O)(c1ccccc1)c1ccccc1. The molecule has 6 heteroatoms. The van der Waals surface area contributed by atoms with E-state index in [-0.39, 0.29) is 5.91 Å². The monoisotopic (exact) mass is 493 g/mol. The molecule has 0 aliphatic heterocycles. The number of benzene rings is 3. The fourth-order valence-electron chi connectivity index (χ4n) is 2.85. The van der Waals surface area contributed by atoms with Crippen molar-refractivity contribution in [2.45, 2.75) is 4.90 Å². The first-order chi connectivity index (χ1) is 12.6. The van der Waals surface area contributed by atoms with E-state index in [4.69, 9.17) is 0 Å². The molecule has 0 aromatic heterocycles. The largest absolute Gasteiger partial charge is 0.355 e. The van der Waals surface area contributed by atoms with Crippen molar-refractivity contribution >= 4 is 59.1 Å². The molecule has 1 amide bonds. The Morgan fingerprint density at radius 3 is 1.92 bits per heavy atom. The summed E-state index contributed by atoms with van der Waals surface area (Å²) in [5.41, 5.74) is 0.442. The van der Waals surface area contributed by atoms with Crippen molar-refractivity contribution in [3.63, 3.8) is 0 Å². The van der Waals surface area contributed by atoms with Crippen LogP contribution in [0.4, 0.5) is 0 Å². The van der Waals surface area contributed by atoms with Gasteiger partial charge in [0.2, 0.25) is 0 Å². The molecule has 0 unspecified atom stereocenters. The van der Waals surface area contributed by atoms with Crippen LogP contribution < -0.4 is 21.2 Å². The lowest BCUT2D eigenvalue weighted by atomic mass is 10.2. The zero-order valence-electron chi connectivity index (χ0n) is 14.1. The molecule has 0 bridgehead atoms. The second kappa shape index (κ2) is 8.42. The molecule has 0 saturated heterocycles. The van der Waals surface area contributed by atoms with E-state index in [1.54, 1.807) is 13.1 Å². The summed E-state index contributed by atoms with van der Waals surface area (Å²) in [4.78, 5) is 13.5. The minimum atomic E-state index is -3.20. The van der Waals surface area contributed by atoms with Crippen molar-refractivity contribution in [1.29, 1.82) is 0 Å². The fourth-order valence-corrected chi connectivity index (χ4v) is 6.92. The Bertz CT molecular complexity index is 921. The van der Waals surface area contributed by atoms with Crippen LogP contribution in [0.3, 0.4) is 0 Å². The third-order valence-electron chi connectivity index (χ3n) is 4.11. The Hall–Kier alpha value is -1.56. The Morgan fingerprint density at radius 2 is 1.46 bits per heavy atom. The highest BCUT2D eigenvalue weighted by Crippen LogP contribution is 2.44. The van der Waals surface area contributed by atoms with Crippen LogP contribution in [-0.2, 0) is 4.57 Å². The van der Waals surface area contributed by atoms with Crippen LogP contribution in [0.1, 0.15) is 10.4 Å². The Balaban J connectivity index is 2.37. The Morgan fingerprint density at radius 1 is 0.923 bits per heavy atom. The number of halogens is 1. The van der Waals surface area contributed by atoms with E-state index in [1.807, 2.05) is 72.8 Å². The molecule has 0 spiro atoms.